The van der Waals surface area contributed by atoms with Crippen molar-refractivity contribution in [1.29, 1.82) is 0 Å². The third-order valence-electron chi connectivity index (χ3n) is 2.83. The molecule has 0 aromatic rings. The highest BCUT2D eigenvalue weighted by atomic mass is 16.5. The van der Waals surface area contributed by atoms with Crippen molar-refractivity contribution in [2.24, 2.45) is 5.41 Å². The Balaban J connectivity index is 2.70. The monoisotopic (exact) mass is 198 g/mol. The van der Waals surface area contributed by atoms with Crippen molar-refractivity contribution < 1.29 is 14.6 Å². The summed E-state index contributed by atoms with van der Waals surface area (Å²) in [6, 6.07) is 0. The summed E-state index contributed by atoms with van der Waals surface area (Å²) in [6.45, 7) is 1.92. The molecule has 0 fully saturated rings. The zero-order valence-corrected chi connectivity index (χ0v) is 8.82. The Morgan fingerprint density at radius 3 is 3.00 bits per heavy atom. The first-order valence-corrected chi connectivity index (χ1v) is 5.01. The lowest BCUT2D eigenvalue weighted by Crippen LogP contribution is -2.29. The second-order valence-electron chi connectivity index (χ2n) is 4.14. The molecular formula is C11H18O3. The van der Waals surface area contributed by atoms with Gasteiger partial charge in [0, 0.05) is 0 Å². The molecule has 0 aromatic carbocycles. The summed E-state index contributed by atoms with van der Waals surface area (Å²) >= 11 is 0. The topological polar surface area (TPSA) is 46.5 Å². The van der Waals surface area contributed by atoms with E-state index in [4.69, 9.17) is 4.74 Å². The molecule has 0 spiro atoms. The van der Waals surface area contributed by atoms with Crippen LogP contribution in [0, 0.1) is 5.41 Å². The molecule has 1 aliphatic carbocycles. The van der Waals surface area contributed by atoms with Gasteiger partial charge in [-0.25, -0.2) is 0 Å². The van der Waals surface area contributed by atoms with Crippen molar-refractivity contribution in [3.8, 4) is 0 Å². The molecule has 0 amide bonds. The third-order valence-corrected chi connectivity index (χ3v) is 2.83. The normalized spacial score (nSPS) is 35.5. The predicted molar refractivity (Wildman–Crippen MR) is 53.7 cm³/mol. The first kappa shape index (κ1) is 11.2. The zero-order valence-electron chi connectivity index (χ0n) is 8.82. The SMILES string of the molecule is COC(=O)C1(C)C/C=C\C(O)CCC1. The molecule has 0 radical (unpaired) electrons. The fraction of sp³-hybridized carbons (Fsp3) is 0.727. The number of aliphatic hydroxyl groups excluding tert-OH is 1. The molecule has 3 heteroatoms. The Kier molecular flexibility index (Phi) is 3.69. The van der Waals surface area contributed by atoms with Crippen molar-refractivity contribution in [3.05, 3.63) is 12.2 Å². The fourth-order valence-electron chi connectivity index (χ4n) is 1.82. The minimum Gasteiger partial charge on any atom is -0.469 e. The number of carbonyl (C=O) groups is 1. The van der Waals surface area contributed by atoms with Crippen LogP contribution in [-0.4, -0.2) is 24.3 Å². The number of rotatable bonds is 1. The molecule has 0 aromatic heterocycles. The first-order chi connectivity index (χ1) is 6.58. The van der Waals surface area contributed by atoms with Crippen LogP contribution in [0.1, 0.15) is 32.6 Å². The maximum atomic E-state index is 11.5. The molecule has 1 rings (SSSR count). The highest BCUT2D eigenvalue weighted by Crippen LogP contribution is 2.32. The molecule has 2 unspecified atom stereocenters. The maximum absolute atomic E-state index is 11.5. The van der Waals surface area contributed by atoms with Gasteiger partial charge in [-0.3, -0.25) is 4.79 Å². The molecule has 0 aliphatic heterocycles. The van der Waals surface area contributed by atoms with Gasteiger partial charge in [-0.05, 0) is 32.6 Å². The van der Waals surface area contributed by atoms with Crippen LogP contribution < -0.4 is 0 Å². The van der Waals surface area contributed by atoms with E-state index in [1.165, 1.54) is 7.11 Å². The van der Waals surface area contributed by atoms with Gasteiger partial charge < -0.3 is 9.84 Å². The van der Waals surface area contributed by atoms with E-state index in [0.29, 0.717) is 6.42 Å². The quantitative estimate of drug-likeness (QED) is 0.515. The van der Waals surface area contributed by atoms with Gasteiger partial charge in [-0.15, -0.1) is 0 Å². The van der Waals surface area contributed by atoms with E-state index in [1.54, 1.807) is 6.08 Å². The molecule has 80 valence electrons. The zero-order chi connectivity index (χ0) is 10.6. The number of esters is 1. The molecule has 2 atom stereocenters. The minimum atomic E-state index is -0.411. The molecule has 1 aliphatic rings. The van der Waals surface area contributed by atoms with Gasteiger partial charge in [0.1, 0.15) is 0 Å². The fourth-order valence-corrected chi connectivity index (χ4v) is 1.82. The Labute approximate surface area is 84.8 Å². The Morgan fingerprint density at radius 1 is 1.64 bits per heavy atom. The van der Waals surface area contributed by atoms with Crippen LogP contribution in [0.3, 0.4) is 0 Å². The van der Waals surface area contributed by atoms with Crippen molar-refractivity contribution >= 4 is 5.97 Å². The summed E-state index contributed by atoms with van der Waals surface area (Å²) in [6.07, 6.45) is 6.30. The number of aliphatic hydroxyl groups is 1. The van der Waals surface area contributed by atoms with Crippen LogP contribution in [0.25, 0.3) is 0 Å². The number of methoxy groups -OCH3 is 1. The molecule has 0 heterocycles. The van der Waals surface area contributed by atoms with Gasteiger partial charge in [0.15, 0.2) is 0 Å². The summed E-state index contributed by atoms with van der Waals surface area (Å²) in [5.41, 5.74) is -0.411. The van der Waals surface area contributed by atoms with Crippen LogP contribution >= 0.6 is 0 Å². The van der Waals surface area contributed by atoms with E-state index in [2.05, 4.69) is 0 Å². The number of hydrogen-bond donors (Lipinski definition) is 1. The number of ether oxygens (including phenoxy) is 1. The molecule has 3 nitrogen and oxygen atoms in total. The molecule has 0 saturated heterocycles. The summed E-state index contributed by atoms with van der Waals surface area (Å²) in [5.74, 6) is -0.154. The van der Waals surface area contributed by atoms with Crippen LogP contribution in [0.5, 0.6) is 0 Å². The first-order valence-electron chi connectivity index (χ1n) is 5.01. The summed E-state index contributed by atoms with van der Waals surface area (Å²) in [7, 11) is 1.42. The molecule has 0 bridgehead atoms. The average molecular weight is 198 g/mol. The molecule has 14 heavy (non-hydrogen) atoms. The second-order valence-corrected chi connectivity index (χ2v) is 4.14. The van der Waals surface area contributed by atoms with E-state index in [1.807, 2.05) is 13.0 Å². The Bertz CT molecular complexity index is 235. The third kappa shape index (κ3) is 2.58. The van der Waals surface area contributed by atoms with Crippen LogP contribution in [-0.2, 0) is 9.53 Å². The highest BCUT2D eigenvalue weighted by Gasteiger charge is 2.33. The molecule has 0 saturated carbocycles. The molecular weight excluding hydrogens is 180 g/mol. The Morgan fingerprint density at radius 2 is 2.36 bits per heavy atom. The van der Waals surface area contributed by atoms with Crippen LogP contribution in [0.4, 0.5) is 0 Å². The second kappa shape index (κ2) is 4.60. The molecule has 1 N–H and O–H groups in total. The van der Waals surface area contributed by atoms with E-state index in [0.717, 1.165) is 19.3 Å². The predicted octanol–water partition coefficient (Wildman–Crippen LogP) is 1.66. The number of hydrogen-bond acceptors (Lipinski definition) is 3. The van der Waals surface area contributed by atoms with Gasteiger partial charge in [0.2, 0.25) is 0 Å². The standard InChI is InChI=1S/C11H18O3/c1-11(10(13)14-2)7-3-5-9(12)6-4-8-11/h3,5,9,12H,4,6-8H2,1-2H3/b5-3-. The largest absolute Gasteiger partial charge is 0.469 e. The van der Waals surface area contributed by atoms with E-state index in [9.17, 15) is 9.90 Å². The maximum Gasteiger partial charge on any atom is 0.311 e. The van der Waals surface area contributed by atoms with Gasteiger partial charge in [-0.2, -0.15) is 0 Å². The van der Waals surface area contributed by atoms with E-state index in [-0.39, 0.29) is 12.1 Å². The lowest BCUT2D eigenvalue weighted by atomic mass is 9.80. The van der Waals surface area contributed by atoms with Gasteiger partial charge >= 0.3 is 5.97 Å². The van der Waals surface area contributed by atoms with E-state index >= 15 is 0 Å². The number of carbonyl (C=O) groups excluding carboxylic acids is 1. The van der Waals surface area contributed by atoms with Crippen LogP contribution in [0.15, 0.2) is 12.2 Å². The summed E-state index contributed by atoms with van der Waals surface area (Å²) < 4.78 is 4.78. The minimum absolute atomic E-state index is 0.154. The average Bonchev–Trinajstić information content (AvgIpc) is 2.14. The summed E-state index contributed by atoms with van der Waals surface area (Å²) in [5, 5.41) is 9.38. The van der Waals surface area contributed by atoms with Gasteiger partial charge in [0.05, 0.1) is 18.6 Å². The van der Waals surface area contributed by atoms with Crippen molar-refractivity contribution in [3.63, 3.8) is 0 Å². The smallest absolute Gasteiger partial charge is 0.311 e. The van der Waals surface area contributed by atoms with Gasteiger partial charge in [0.25, 0.3) is 0 Å². The summed E-state index contributed by atoms with van der Waals surface area (Å²) in [4.78, 5) is 11.5. The Hall–Kier alpha value is -0.830. The van der Waals surface area contributed by atoms with E-state index < -0.39 is 5.41 Å². The van der Waals surface area contributed by atoms with Crippen molar-refractivity contribution in [2.75, 3.05) is 7.11 Å². The highest BCUT2D eigenvalue weighted by molar-refractivity contribution is 5.76. The number of allylic oxidation sites excluding steroid dienone is 1. The van der Waals surface area contributed by atoms with Gasteiger partial charge in [-0.1, -0.05) is 12.2 Å². The van der Waals surface area contributed by atoms with Crippen molar-refractivity contribution in [2.45, 2.75) is 38.7 Å². The van der Waals surface area contributed by atoms with Crippen molar-refractivity contribution in [1.82, 2.24) is 0 Å². The van der Waals surface area contributed by atoms with Crippen LogP contribution in [0.2, 0.25) is 0 Å². The lowest BCUT2D eigenvalue weighted by Gasteiger charge is -2.27. The lowest BCUT2D eigenvalue weighted by molar-refractivity contribution is -0.152.